The van der Waals surface area contributed by atoms with Gasteiger partial charge in [0.25, 0.3) is 0 Å². The highest BCUT2D eigenvalue weighted by molar-refractivity contribution is 5.04. The van der Waals surface area contributed by atoms with Gasteiger partial charge < -0.3 is 19.5 Å². The van der Waals surface area contributed by atoms with Gasteiger partial charge in [-0.3, -0.25) is 0 Å². The highest BCUT2D eigenvalue weighted by atomic mass is 16.5. The van der Waals surface area contributed by atoms with Gasteiger partial charge in [0.05, 0.1) is 12.3 Å². The van der Waals surface area contributed by atoms with Crippen molar-refractivity contribution in [3.8, 4) is 0 Å². The standard InChI is InChI=1S/C12H23N3O2/c1-4-5-13-9-11-8-12(17-14-11)10-16-7-6-15(2)3/h8,13H,4-7,9-10H2,1-3H3. The van der Waals surface area contributed by atoms with Gasteiger partial charge in [-0.05, 0) is 27.1 Å². The Morgan fingerprint density at radius 2 is 2.29 bits per heavy atom. The molecule has 98 valence electrons. The molecule has 0 spiro atoms. The van der Waals surface area contributed by atoms with Crippen molar-refractivity contribution in [1.29, 1.82) is 0 Å². The van der Waals surface area contributed by atoms with E-state index in [2.05, 4.69) is 22.3 Å². The molecule has 17 heavy (non-hydrogen) atoms. The van der Waals surface area contributed by atoms with Gasteiger partial charge in [0, 0.05) is 19.2 Å². The number of nitrogens with zero attached hydrogens (tertiary/aromatic N) is 2. The molecule has 0 aromatic carbocycles. The summed E-state index contributed by atoms with van der Waals surface area (Å²) in [6.07, 6.45) is 1.12. The third-order valence-corrected chi connectivity index (χ3v) is 2.27. The molecule has 5 heteroatoms. The highest BCUT2D eigenvalue weighted by Crippen LogP contribution is 2.04. The van der Waals surface area contributed by atoms with Gasteiger partial charge in [0.2, 0.25) is 0 Å². The quantitative estimate of drug-likeness (QED) is 0.659. The van der Waals surface area contributed by atoms with Gasteiger partial charge in [0.15, 0.2) is 5.76 Å². The van der Waals surface area contributed by atoms with Crippen LogP contribution < -0.4 is 5.32 Å². The second kappa shape index (κ2) is 8.22. The predicted molar refractivity (Wildman–Crippen MR) is 66.7 cm³/mol. The molecular formula is C12H23N3O2. The Labute approximate surface area is 103 Å². The van der Waals surface area contributed by atoms with Gasteiger partial charge in [-0.15, -0.1) is 0 Å². The topological polar surface area (TPSA) is 50.5 Å². The lowest BCUT2D eigenvalue weighted by Crippen LogP contribution is -2.17. The summed E-state index contributed by atoms with van der Waals surface area (Å²) in [5, 5.41) is 7.25. The minimum Gasteiger partial charge on any atom is -0.372 e. The maximum absolute atomic E-state index is 5.47. The van der Waals surface area contributed by atoms with Crippen molar-refractivity contribution in [3.63, 3.8) is 0 Å². The normalized spacial score (nSPS) is 11.3. The van der Waals surface area contributed by atoms with Gasteiger partial charge in [-0.2, -0.15) is 0 Å². The summed E-state index contributed by atoms with van der Waals surface area (Å²) < 4.78 is 10.6. The number of hydrogen-bond acceptors (Lipinski definition) is 5. The van der Waals surface area contributed by atoms with Crippen LogP contribution in [0.1, 0.15) is 24.8 Å². The fourth-order valence-corrected chi connectivity index (χ4v) is 1.32. The van der Waals surface area contributed by atoms with Crippen LogP contribution in [0.4, 0.5) is 0 Å². The molecule has 1 aromatic heterocycles. The molecule has 0 amide bonds. The van der Waals surface area contributed by atoms with E-state index in [1.165, 1.54) is 0 Å². The Hall–Kier alpha value is -0.910. The van der Waals surface area contributed by atoms with Crippen molar-refractivity contribution >= 4 is 0 Å². The van der Waals surface area contributed by atoms with Crippen molar-refractivity contribution < 1.29 is 9.26 Å². The number of likely N-dealkylation sites (N-methyl/N-ethyl adjacent to an activating group) is 1. The fourth-order valence-electron chi connectivity index (χ4n) is 1.32. The smallest absolute Gasteiger partial charge is 0.162 e. The Morgan fingerprint density at radius 1 is 1.47 bits per heavy atom. The Morgan fingerprint density at radius 3 is 3.00 bits per heavy atom. The zero-order valence-electron chi connectivity index (χ0n) is 11.0. The molecule has 0 fully saturated rings. The van der Waals surface area contributed by atoms with Crippen LogP contribution in [0.2, 0.25) is 0 Å². The maximum atomic E-state index is 5.47. The molecule has 5 nitrogen and oxygen atoms in total. The van der Waals surface area contributed by atoms with Crippen LogP contribution in [0.25, 0.3) is 0 Å². The summed E-state index contributed by atoms with van der Waals surface area (Å²) in [5.74, 6) is 0.789. The lowest BCUT2D eigenvalue weighted by atomic mass is 10.3. The van der Waals surface area contributed by atoms with Crippen molar-refractivity contribution in [2.45, 2.75) is 26.5 Å². The van der Waals surface area contributed by atoms with E-state index in [1.54, 1.807) is 0 Å². The Balaban J connectivity index is 2.16. The largest absolute Gasteiger partial charge is 0.372 e. The highest BCUT2D eigenvalue weighted by Gasteiger charge is 2.03. The van der Waals surface area contributed by atoms with E-state index in [1.807, 2.05) is 20.2 Å². The van der Waals surface area contributed by atoms with Gasteiger partial charge in [0.1, 0.15) is 6.61 Å². The molecule has 1 aromatic rings. The van der Waals surface area contributed by atoms with Crippen LogP contribution >= 0.6 is 0 Å². The summed E-state index contributed by atoms with van der Waals surface area (Å²) in [4.78, 5) is 2.08. The number of rotatable bonds is 9. The molecule has 0 aliphatic heterocycles. The monoisotopic (exact) mass is 241 g/mol. The number of hydrogen-bond donors (Lipinski definition) is 1. The molecule has 0 saturated carbocycles. The molecule has 1 heterocycles. The number of nitrogens with one attached hydrogen (secondary N) is 1. The molecule has 0 radical (unpaired) electrons. The van der Waals surface area contributed by atoms with Crippen LogP contribution in [-0.4, -0.2) is 43.8 Å². The summed E-state index contributed by atoms with van der Waals surface area (Å²) >= 11 is 0. The fraction of sp³-hybridized carbons (Fsp3) is 0.750. The van der Waals surface area contributed by atoms with Crippen molar-refractivity contribution in [2.24, 2.45) is 0 Å². The van der Waals surface area contributed by atoms with Crippen LogP contribution in [-0.2, 0) is 17.9 Å². The van der Waals surface area contributed by atoms with E-state index in [-0.39, 0.29) is 0 Å². The first-order chi connectivity index (χ1) is 8.22. The lowest BCUT2D eigenvalue weighted by molar-refractivity contribution is 0.0884. The third-order valence-electron chi connectivity index (χ3n) is 2.27. The van der Waals surface area contributed by atoms with E-state index in [9.17, 15) is 0 Å². The van der Waals surface area contributed by atoms with Crippen LogP contribution in [0.15, 0.2) is 10.6 Å². The molecule has 0 atom stereocenters. The van der Waals surface area contributed by atoms with Crippen molar-refractivity contribution in [1.82, 2.24) is 15.4 Å². The summed E-state index contributed by atoms with van der Waals surface area (Å²) in [6, 6.07) is 1.94. The predicted octanol–water partition coefficient (Wildman–Crippen LogP) is 1.25. The average Bonchev–Trinajstić information content (AvgIpc) is 2.73. The van der Waals surface area contributed by atoms with Crippen LogP contribution in [0.5, 0.6) is 0 Å². The molecule has 1 rings (SSSR count). The molecular weight excluding hydrogens is 218 g/mol. The van der Waals surface area contributed by atoms with E-state index in [0.29, 0.717) is 13.2 Å². The van der Waals surface area contributed by atoms with Crippen molar-refractivity contribution in [3.05, 3.63) is 17.5 Å². The average molecular weight is 241 g/mol. The first kappa shape index (κ1) is 14.2. The minimum absolute atomic E-state index is 0.495. The maximum Gasteiger partial charge on any atom is 0.162 e. The zero-order chi connectivity index (χ0) is 12.5. The van der Waals surface area contributed by atoms with Gasteiger partial charge in [-0.25, -0.2) is 0 Å². The molecule has 1 N–H and O–H groups in total. The summed E-state index contributed by atoms with van der Waals surface area (Å²) in [5.41, 5.74) is 0.935. The minimum atomic E-state index is 0.495. The van der Waals surface area contributed by atoms with E-state index < -0.39 is 0 Å². The number of aromatic nitrogens is 1. The third kappa shape index (κ3) is 6.41. The summed E-state index contributed by atoms with van der Waals surface area (Å²) in [7, 11) is 4.05. The molecule has 0 bridgehead atoms. The molecule has 0 aliphatic rings. The SMILES string of the molecule is CCCNCc1cc(COCCN(C)C)on1. The first-order valence-corrected chi connectivity index (χ1v) is 6.10. The second-order valence-electron chi connectivity index (χ2n) is 4.32. The van der Waals surface area contributed by atoms with E-state index in [0.717, 1.165) is 37.5 Å². The van der Waals surface area contributed by atoms with Crippen LogP contribution in [0, 0.1) is 0 Å². The molecule has 0 unspecified atom stereocenters. The Bertz CT molecular complexity index is 300. The number of ether oxygens (including phenoxy) is 1. The molecule has 0 aliphatic carbocycles. The zero-order valence-corrected chi connectivity index (χ0v) is 11.0. The van der Waals surface area contributed by atoms with Gasteiger partial charge >= 0.3 is 0 Å². The molecule has 0 saturated heterocycles. The van der Waals surface area contributed by atoms with Crippen LogP contribution in [0.3, 0.4) is 0 Å². The summed E-state index contributed by atoms with van der Waals surface area (Å²) in [6.45, 7) is 6.02. The van der Waals surface area contributed by atoms with E-state index >= 15 is 0 Å². The first-order valence-electron chi connectivity index (χ1n) is 6.10. The van der Waals surface area contributed by atoms with E-state index in [4.69, 9.17) is 9.26 Å². The Kier molecular flexibility index (Phi) is 6.84. The lowest BCUT2D eigenvalue weighted by Gasteiger charge is -2.08. The van der Waals surface area contributed by atoms with Gasteiger partial charge in [-0.1, -0.05) is 12.1 Å². The van der Waals surface area contributed by atoms with Crippen molar-refractivity contribution in [2.75, 3.05) is 33.8 Å². The second-order valence-corrected chi connectivity index (χ2v) is 4.32.